The van der Waals surface area contributed by atoms with E-state index in [4.69, 9.17) is 9.15 Å². The van der Waals surface area contributed by atoms with Gasteiger partial charge in [0.1, 0.15) is 18.1 Å². The van der Waals surface area contributed by atoms with Gasteiger partial charge in [-0.15, -0.1) is 0 Å². The first kappa shape index (κ1) is 16.6. The fourth-order valence-electron chi connectivity index (χ4n) is 2.92. The van der Waals surface area contributed by atoms with Crippen molar-refractivity contribution < 1.29 is 9.15 Å². The van der Waals surface area contributed by atoms with Gasteiger partial charge in [0.2, 0.25) is 0 Å². The summed E-state index contributed by atoms with van der Waals surface area (Å²) in [7, 11) is 0. The lowest BCUT2D eigenvalue weighted by Crippen LogP contribution is -2.19. The molecular weight excluding hydrogens is 262 g/mol. The predicted octanol–water partition coefficient (Wildman–Crippen LogP) is 4.57. The molecule has 3 heteroatoms. The molecule has 1 heterocycles. The van der Waals surface area contributed by atoms with E-state index in [1.54, 1.807) is 0 Å². The number of aryl methyl sites for hydroxylation is 1. The van der Waals surface area contributed by atoms with Gasteiger partial charge in [0.05, 0.1) is 12.6 Å². The number of hydrogen-bond donors (Lipinski definition) is 1. The molecule has 0 aromatic carbocycles. The highest BCUT2D eigenvalue weighted by Gasteiger charge is 2.14. The third-order valence-corrected chi connectivity index (χ3v) is 4.17. The van der Waals surface area contributed by atoms with Gasteiger partial charge in [-0.05, 0) is 43.9 Å². The quantitative estimate of drug-likeness (QED) is 0.748. The maximum atomic E-state index is 6.05. The van der Waals surface area contributed by atoms with Gasteiger partial charge in [-0.1, -0.05) is 39.5 Å². The molecule has 0 aliphatic heterocycles. The van der Waals surface area contributed by atoms with Crippen molar-refractivity contribution >= 4 is 0 Å². The van der Waals surface area contributed by atoms with Gasteiger partial charge in [0.25, 0.3) is 0 Å². The van der Waals surface area contributed by atoms with Crippen molar-refractivity contribution in [2.75, 3.05) is 6.54 Å². The summed E-state index contributed by atoms with van der Waals surface area (Å²) in [5, 5.41) is 3.43. The van der Waals surface area contributed by atoms with Crippen molar-refractivity contribution in [3.8, 4) is 0 Å². The molecule has 1 saturated carbocycles. The summed E-state index contributed by atoms with van der Waals surface area (Å²) >= 11 is 0. The first-order valence-corrected chi connectivity index (χ1v) is 8.55. The fraction of sp³-hybridized carbons (Fsp3) is 0.778. The second kappa shape index (κ2) is 8.60. The molecule has 1 aromatic rings. The van der Waals surface area contributed by atoms with Crippen LogP contribution in [0.3, 0.4) is 0 Å². The second-order valence-electron chi connectivity index (χ2n) is 6.77. The lowest BCUT2D eigenvalue weighted by atomic mass is 10.1. The molecule has 0 atom stereocenters. The van der Waals surface area contributed by atoms with Crippen LogP contribution in [0.1, 0.15) is 69.5 Å². The van der Waals surface area contributed by atoms with Crippen molar-refractivity contribution in [3.05, 3.63) is 23.2 Å². The highest BCUT2D eigenvalue weighted by molar-refractivity contribution is 5.19. The van der Waals surface area contributed by atoms with E-state index in [1.165, 1.54) is 44.1 Å². The number of nitrogens with one attached hydrogen (secondary N) is 1. The standard InChI is InChI=1S/C18H31NO2/c1-14(2)11-19-12-18-15(3)10-17(21-18)13-20-16-8-6-4-5-7-9-16/h10,14,16,19H,4-9,11-13H2,1-3H3. The first-order chi connectivity index (χ1) is 10.1. The highest BCUT2D eigenvalue weighted by atomic mass is 16.5. The smallest absolute Gasteiger partial charge is 0.130 e. The van der Waals surface area contributed by atoms with Gasteiger partial charge in [0, 0.05) is 0 Å². The van der Waals surface area contributed by atoms with Crippen LogP contribution in [0.15, 0.2) is 10.5 Å². The summed E-state index contributed by atoms with van der Waals surface area (Å²) in [6.45, 7) is 9.00. The van der Waals surface area contributed by atoms with Crippen molar-refractivity contribution in [3.63, 3.8) is 0 Å². The molecular formula is C18H31NO2. The largest absolute Gasteiger partial charge is 0.462 e. The molecule has 1 N–H and O–H groups in total. The molecule has 0 unspecified atom stereocenters. The second-order valence-corrected chi connectivity index (χ2v) is 6.77. The summed E-state index contributed by atoms with van der Waals surface area (Å²) in [6.07, 6.45) is 8.21. The van der Waals surface area contributed by atoms with E-state index >= 15 is 0 Å². The Morgan fingerprint density at radius 2 is 1.95 bits per heavy atom. The van der Waals surface area contributed by atoms with E-state index in [-0.39, 0.29) is 0 Å². The molecule has 3 nitrogen and oxygen atoms in total. The lowest BCUT2D eigenvalue weighted by Gasteiger charge is -2.14. The van der Waals surface area contributed by atoms with Gasteiger partial charge >= 0.3 is 0 Å². The van der Waals surface area contributed by atoms with E-state index in [2.05, 4.69) is 32.2 Å². The Bertz CT molecular complexity index is 403. The molecule has 0 spiro atoms. The SMILES string of the molecule is Cc1cc(COC2CCCCCC2)oc1CNCC(C)C. The monoisotopic (exact) mass is 293 g/mol. The van der Waals surface area contributed by atoms with Crippen LogP contribution in [0.25, 0.3) is 0 Å². The van der Waals surface area contributed by atoms with Crippen molar-refractivity contribution in [2.24, 2.45) is 5.92 Å². The number of ether oxygens (including phenoxy) is 1. The Kier molecular flexibility index (Phi) is 6.78. The maximum Gasteiger partial charge on any atom is 0.130 e. The van der Waals surface area contributed by atoms with Gasteiger partial charge < -0.3 is 14.5 Å². The molecule has 120 valence electrons. The molecule has 0 amide bonds. The van der Waals surface area contributed by atoms with E-state index in [1.807, 2.05) is 0 Å². The van der Waals surface area contributed by atoms with Gasteiger partial charge in [0.15, 0.2) is 0 Å². The number of hydrogen-bond acceptors (Lipinski definition) is 3. The summed E-state index contributed by atoms with van der Waals surface area (Å²) in [6, 6.07) is 2.13. The normalized spacial score (nSPS) is 17.3. The van der Waals surface area contributed by atoms with Crippen LogP contribution in [-0.2, 0) is 17.9 Å². The third kappa shape index (κ3) is 5.84. The topological polar surface area (TPSA) is 34.4 Å². The molecule has 1 aliphatic carbocycles. The zero-order chi connectivity index (χ0) is 15.1. The Balaban J connectivity index is 1.78. The van der Waals surface area contributed by atoms with Crippen LogP contribution in [0.2, 0.25) is 0 Å². The minimum Gasteiger partial charge on any atom is -0.462 e. The minimum atomic E-state index is 0.431. The zero-order valence-corrected chi connectivity index (χ0v) is 13.9. The van der Waals surface area contributed by atoms with Crippen LogP contribution in [0.5, 0.6) is 0 Å². The van der Waals surface area contributed by atoms with Gasteiger partial charge in [-0.2, -0.15) is 0 Å². The number of rotatable bonds is 7. The summed E-state index contributed by atoms with van der Waals surface area (Å²) < 4.78 is 12.0. The molecule has 0 radical (unpaired) electrons. The third-order valence-electron chi connectivity index (χ3n) is 4.17. The molecule has 0 saturated heterocycles. The molecule has 1 fully saturated rings. The molecule has 0 bridgehead atoms. The summed E-state index contributed by atoms with van der Waals surface area (Å²) in [5.41, 5.74) is 1.23. The van der Waals surface area contributed by atoms with Crippen molar-refractivity contribution in [1.82, 2.24) is 5.32 Å². The average Bonchev–Trinajstić information content (AvgIpc) is 2.65. The zero-order valence-electron chi connectivity index (χ0n) is 13.9. The lowest BCUT2D eigenvalue weighted by molar-refractivity contribution is 0.0215. The Morgan fingerprint density at radius 1 is 1.24 bits per heavy atom. The number of furan rings is 1. The van der Waals surface area contributed by atoms with Crippen LogP contribution in [0, 0.1) is 12.8 Å². The van der Waals surface area contributed by atoms with Crippen LogP contribution >= 0.6 is 0 Å². The fourth-order valence-corrected chi connectivity index (χ4v) is 2.92. The summed E-state index contributed by atoms with van der Waals surface area (Å²) in [4.78, 5) is 0. The molecule has 1 aliphatic rings. The summed E-state index contributed by atoms with van der Waals surface area (Å²) in [5.74, 6) is 2.69. The molecule has 21 heavy (non-hydrogen) atoms. The Labute approximate surface area is 129 Å². The van der Waals surface area contributed by atoms with Gasteiger partial charge in [-0.25, -0.2) is 0 Å². The van der Waals surface area contributed by atoms with Gasteiger partial charge in [-0.3, -0.25) is 0 Å². The average molecular weight is 293 g/mol. The Hall–Kier alpha value is -0.800. The first-order valence-electron chi connectivity index (χ1n) is 8.55. The van der Waals surface area contributed by atoms with E-state index in [0.29, 0.717) is 18.6 Å². The van der Waals surface area contributed by atoms with E-state index in [0.717, 1.165) is 24.6 Å². The van der Waals surface area contributed by atoms with Crippen LogP contribution in [0.4, 0.5) is 0 Å². The van der Waals surface area contributed by atoms with Crippen molar-refractivity contribution in [1.29, 1.82) is 0 Å². The molecule has 2 rings (SSSR count). The maximum absolute atomic E-state index is 6.05. The molecule has 1 aromatic heterocycles. The van der Waals surface area contributed by atoms with Crippen LogP contribution < -0.4 is 5.32 Å². The minimum absolute atomic E-state index is 0.431. The highest BCUT2D eigenvalue weighted by Crippen LogP contribution is 2.22. The van der Waals surface area contributed by atoms with E-state index in [9.17, 15) is 0 Å². The van der Waals surface area contributed by atoms with Crippen molar-refractivity contribution in [2.45, 2.75) is 78.6 Å². The predicted molar refractivity (Wildman–Crippen MR) is 86.3 cm³/mol. The van der Waals surface area contributed by atoms with E-state index < -0.39 is 0 Å². The Morgan fingerprint density at radius 3 is 2.62 bits per heavy atom. The van der Waals surface area contributed by atoms with Crippen LogP contribution in [-0.4, -0.2) is 12.6 Å².